The third-order valence-electron chi connectivity index (χ3n) is 3.52. The molecule has 0 aliphatic carbocycles. The number of aromatic nitrogens is 3. The van der Waals surface area contributed by atoms with Crippen LogP contribution in [0.25, 0.3) is 0 Å². The number of hydrogen-bond acceptors (Lipinski definition) is 5. The molecule has 2 atom stereocenters. The SMILES string of the molecule is CNCC1CCCN(c2n[nH]c(C(C)OC)n2)C1. The molecule has 6 heteroatoms. The second kappa shape index (κ2) is 6.15. The molecule has 2 rings (SSSR count). The molecule has 0 spiro atoms. The number of nitrogens with one attached hydrogen (secondary N) is 2. The summed E-state index contributed by atoms with van der Waals surface area (Å²) >= 11 is 0. The number of nitrogens with zero attached hydrogens (tertiary/aromatic N) is 3. The molecule has 2 N–H and O–H groups in total. The van der Waals surface area contributed by atoms with E-state index < -0.39 is 0 Å². The van der Waals surface area contributed by atoms with Gasteiger partial charge in [0.05, 0.1) is 0 Å². The Balaban J connectivity index is 2.00. The van der Waals surface area contributed by atoms with Gasteiger partial charge in [-0.05, 0) is 39.3 Å². The molecule has 0 saturated carbocycles. The van der Waals surface area contributed by atoms with Gasteiger partial charge in [-0.3, -0.25) is 5.10 Å². The van der Waals surface area contributed by atoms with Crippen LogP contribution in [0.2, 0.25) is 0 Å². The van der Waals surface area contributed by atoms with E-state index in [1.165, 1.54) is 12.8 Å². The van der Waals surface area contributed by atoms with Gasteiger partial charge in [-0.2, -0.15) is 4.98 Å². The number of rotatable bonds is 5. The lowest BCUT2D eigenvalue weighted by atomic mass is 9.98. The summed E-state index contributed by atoms with van der Waals surface area (Å²) in [4.78, 5) is 6.77. The van der Waals surface area contributed by atoms with Gasteiger partial charge in [0.1, 0.15) is 6.10 Å². The Morgan fingerprint density at radius 3 is 3.17 bits per heavy atom. The van der Waals surface area contributed by atoms with E-state index in [1.54, 1.807) is 7.11 Å². The van der Waals surface area contributed by atoms with Crippen LogP contribution < -0.4 is 10.2 Å². The molecule has 1 saturated heterocycles. The van der Waals surface area contributed by atoms with E-state index in [0.29, 0.717) is 5.92 Å². The third kappa shape index (κ3) is 3.00. The Kier molecular flexibility index (Phi) is 4.54. The van der Waals surface area contributed by atoms with Gasteiger partial charge < -0.3 is 15.0 Å². The molecule has 1 aromatic rings. The van der Waals surface area contributed by atoms with Crippen molar-refractivity contribution in [3.63, 3.8) is 0 Å². The number of methoxy groups -OCH3 is 1. The van der Waals surface area contributed by atoms with Crippen LogP contribution in [0.4, 0.5) is 5.95 Å². The van der Waals surface area contributed by atoms with Crippen molar-refractivity contribution < 1.29 is 4.74 Å². The average molecular weight is 253 g/mol. The quantitative estimate of drug-likeness (QED) is 0.818. The van der Waals surface area contributed by atoms with Crippen LogP contribution in [0.5, 0.6) is 0 Å². The topological polar surface area (TPSA) is 66.1 Å². The van der Waals surface area contributed by atoms with Crippen LogP contribution >= 0.6 is 0 Å². The maximum Gasteiger partial charge on any atom is 0.244 e. The van der Waals surface area contributed by atoms with Gasteiger partial charge in [0.2, 0.25) is 5.95 Å². The second-order valence-electron chi connectivity index (χ2n) is 4.91. The van der Waals surface area contributed by atoms with E-state index in [1.807, 2.05) is 14.0 Å². The number of ether oxygens (including phenoxy) is 1. The van der Waals surface area contributed by atoms with Crippen LogP contribution in [-0.4, -0.2) is 49.0 Å². The van der Waals surface area contributed by atoms with Gasteiger partial charge in [0.15, 0.2) is 5.82 Å². The molecule has 1 aliphatic heterocycles. The maximum absolute atomic E-state index is 5.23. The summed E-state index contributed by atoms with van der Waals surface area (Å²) in [7, 11) is 3.68. The van der Waals surface area contributed by atoms with Crippen LogP contribution in [0.15, 0.2) is 0 Å². The highest BCUT2D eigenvalue weighted by Gasteiger charge is 2.22. The van der Waals surface area contributed by atoms with E-state index in [-0.39, 0.29) is 6.10 Å². The Morgan fingerprint density at radius 1 is 1.61 bits per heavy atom. The summed E-state index contributed by atoms with van der Waals surface area (Å²) in [5, 5.41) is 10.5. The van der Waals surface area contributed by atoms with E-state index in [9.17, 15) is 0 Å². The zero-order valence-corrected chi connectivity index (χ0v) is 11.4. The average Bonchev–Trinajstić information content (AvgIpc) is 2.88. The fourth-order valence-corrected chi connectivity index (χ4v) is 2.40. The van der Waals surface area contributed by atoms with Crippen LogP contribution in [0.1, 0.15) is 31.7 Å². The van der Waals surface area contributed by atoms with Crippen molar-refractivity contribution in [1.29, 1.82) is 0 Å². The molecule has 2 unspecified atom stereocenters. The highest BCUT2D eigenvalue weighted by atomic mass is 16.5. The predicted octanol–water partition coefficient (Wildman–Crippen LogP) is 0.948. The number of hydrogen-bond donors (Lipinski definition) is 2. The fraction of sp³-hybridized carbons (Fsp3) is 0.833. The van der Waals surface area contributed by atoms with Gasteiger partial charge in [0, 0.05) is 20.2 Å². The minimum absolute atomic E-state index is 0.0378. The summed E-state index contributed by atoms with van der Waals surface area (Å²) in [5.74, 6) is 2.28. The van der Waals surface area contributed by atoms with Gasteiger partial charge >= 0.3 is 0 Å². The van der Waals surface area contributed by atoms with Gasteiger partial charge in [0.25, 0.3) is 0 Å². The van der Waals surface area contributed by atoms with E-state index in [2.05, 4.69) is 25.4 Å². The van der Waals surface area contributed by atoms with Crippen molar-refractivity contribution in [1.82, 2.24) is 20.5 Å². The molecule has 0 aromatic carbocycles. The van der Waals surface area contributed by atoms with Gasteiger partial charge in [-0.15, -0.1) is 5.10 Å². The lowest BCUT2D eigenvalue weighted by molar-refractivity contribution is 0.112. The summed E-state index contributed by atoms with van der Waals surface area (Å²) in [6.45, 7) is 5.09. The van der Waals surface area contributed by atoms with Crippen molar-refractivity contribution in [2.45, 2.75) is 25.9 Å². The van der Waals surface area contributed by atoms with Crippen molar-refractivity contribution >= 4 is 5.95 Å². The largest absolute Gasteiger partial charge is 0.374 e. The first-order valence-corrected chi connectivity index (χ1v) is 6.59. The highest BCUT2D eigenvalue weighted by Crippen LogP contribution is 2.21. The van der Waals surface area contributed by atoms with Crippen molar-refractivity contribution in [3.05, 3.63) is 5.82 Å². The number of piperidine rings is 1. The summed E-state index contributed by atoms with van der Waals surface area (Å²) < 4.78 is 5.23. The molecular weight excluding hydrogens is 230 g/mol. The molecule has 1 aromatic heterocycles. The molecule has 2 heterocycles. The normalized spacial score (nSPS) is 22.2. The Bertz CT molecular complexity index is 365. The van der Waals surface area contributed by atoms with Crippen molar-refractivity contribution in [3.8, 4) is 0 Å². The Hall–Kier alpha value is -1.14. The highest BCUT2D eigenvalue weighted by molar-refractivity contribution is 5.29. The first kappa shape index (κ1) is 13.3. The minimum atomic E-state index is -0.0378. The first-order valence-electron chi connectivity index (χ1n) is 6.59. The van der Waals surface area contributed by atoms with Crippen molar-refractivity contribution in [2.24, 2.45) is 5.92 Å². The van der Waals surface area contributed by atoms with Crippen LogP contribution in [0, 0.1) is 5.92 Å². The van der Waals surface area contributed by atoms with Crippen LogP contribution in [0.3, 0.4) is 0 Å². The molecule has 0 amide bonds. The van der Waals surface area contributed by atoms with Crippen molar-refractivity contribution in [2.75, 3.05) is 38.7 Å². The molecule has 0 bridgehead atoms. The lowest BCUT2D eigenvalue weighted by Crippen LogP contribution is -2.39. The van der Waals surface area contributed by atoms with Gasteiger partial charge in [-0.1, -0.05) is 0 Å². The second-order valence-corrected chi connectivity index (χ2v) is 4.91. The molecule has 1 fully saturated rings. The molecule has 6 nitrogen and oxygen atoms in total. The molecule has 18 heavy (non-hydrogen) atoms. The number of aromatic amines is 1. The van der Waals surface area contributed by atoms with E-state index in [4.69, 9.17) is 4.74 Å². The smallest absolute Gasteiger partial charge is 0.244 e. The van der Waals surface area contributed by atoms with E-state index >= 15 is 0 Å². The third-order valence-corrected chi connectivity index (χ3v) is 3.52. The Morgan fingerprint density at radius 2 is 2.44 bits per heavy atom. The lowest BCUT2D eigenvalue weighted by Gasteiger charge is -2.31. The monoisotopic (exact) mass is 253 g/mol. The minimum Gasteiger partial charge on any atom is -0.374 e. The molecular formula is C12H23N5O. The van der Waals surface area contributed by atoms with Gasteiger partial charge in [-0.25, -0.2) is 0 Å². The zero-order valence-electron chi connectivity index (χ0n) is 11.4. The molecule has 102 valence electrons. The summed E-state index contributed by atoms with van der Waals surface area (Å²) in [6, 6.07) is 0. The molecule has 0 radical (unpaired) electrons. The van der Waals surface area contributed by atoms with Crippen LogP contribution in [-0.2, 0) is 4.74 Å². The zero-order chi connectivity index (χ0) is 13.0. The standard InChI is InChI=1S/C12H23N5O/c1-9(18-3)11-14-12(16-15-11)17-6-4-5-10(8-17)7-13-2/h9-10,13H,4-8H2,1-3H3,(H,14,15,16). The number of H-pyrrole nitrogens is 1. The van der Waals surface area contributed by atoms with E-state index in [0.717, 1.165) is 31.4 Å². The first-order chi connectivity index (χ1) is 8.74. The molecule has 1 aliphatic rings. The Labute approximate surface area is 108 Å². The maximum atomic E-state index is 5.23. The fourth-order valence-electron chi connectivity index (χ4n) is 2.40. The summed E-state index contributed by atoms with van der Waals surface area (Å²) in [5.41, 5.74) is 0. The summed E-state index contributed by atoms with van der Waals surface area (Å²) in [6.07, 6.45) is 2.45. The predicted molar refractivity (Wildman–Crippen MR) is 70.7 cm³/mol. The number of anilines is 1.